The number of carbonyl (C=O) groups is 2. The van der Waals surface area contributed by atoms with E-state index in [1.807, 2.05) is 6.92 Å². The summed E-state index contributed by atoms with van der Waals surface area (Å²) in [7, 11) is 1.36. The highest BCUT2D eigenvalue weighted by Crippen LogP contribution is 2.23. The zero-order valence-corrected chi connectivity index (χ0v) is 12.1. The lowest BCUT2D eigenvalue weighted by atomic mass is 10.2. The van der Waals surface area contributed by atoms with Gasteiger partial charge in [0, 0.05) is 24.8 Å². The van der Waals surface area contributed by atoms with Gasteiger partial charge in [-0.1, -0.05) is 6.92 Å². The normalized spacial score (nSPS) is 10.0. The Balaban J connectivity index is 2.86. The van der Waals surface area contributed by atoms with E-state index in [0.29, 0.717) is 12.2 Å². The number of carboxylic acid groups (broad SMARTS) is 1. The Hall–Kier alpha value is -2.28. The number of carbonyl (C=O) groups excluding carboxylic acids is 1. The first-order valence-electron chi connectivity index (χ1n) is 6.61. The Morgan fingerprint density at radius 1 is 1.33 bits per heavy atom. The van der Waals surface area contributed by atoms with E-state index in [1.54, 1.807) is 0 Å². The number of hydrogen-bond acceptors (Lipinski definition) is 4. The molecule has 0 saturated carbocycles. The molecule has 0 bridgehead atoms. The Morgan fingerprint density at radius 3 is 2.57 bits per heavy atom. The summed E-state index contributed by atoms with van der Waals surface area (Å²) in [6.45, 7) is 2.58. The number of nitrogens with one attached hydrogen (secondary N) is 1. The maximum absolute atomic E-state index is 12.1. The molecule has 0 heterocycles. The van der Waals surface area contributed by atoms with Crippen molar-refractivity contribution in [2.24, 2.45) is 0 Å². The summed E-state index contributed by atoms with van der Waals surface area (Å²) in [6.07, 6.45) is 0.773. The number of methoxy groups -OCH3 is 1. The number of anilines is 1. The van der Waals surface area contributed by atoms with Gasteiger partial charge in [-0.3, -0.25) is 0 Å². The van der Waals surface area contributed by atoms with Gasteiger partial charge in [0.2, 0.25) is 0 Å². The lowest BCUT2D eigenvalue weighted by Gasteiger charge is -2.21. The van der Waals surface area contributed by atoms with Crippen LogP contribution in [0, 0.1) is 0 Å². The lowest BCUT2D eigenvalue weighted by molar-refractivity contribution is 0.0693. The number of hydrogen-bond donors (Lipinski definition) is 3. The van der Waals surface area contributed by atoms with Gasteiger partial charge in [0.15, 0.2) is 0 Å². The molecule has 116 valence electrons. The molecule has 0 fully saturated rings. The molecular weight excluding hydrogens is 276 g/mol. The molecule has 0 atom stereocenters. The number of benzene rings is 1. The number of rotatable bonds is 7. The summed E-state index contributed by atoms with van der Waals surface area (Å²) in [4.78, 5) is 24.5. The van der Waals surface area contributed by atoms with Gasteiger partial charge in [0.1, 0.15) is 11.3 Å². The Morgan fingerprint density at radius 2 is 2.05 bits per heavy atom. The Bertz CT molecular complexity index is 498. The average Bonchev–Trinajstić information content (AvgIpc) is 2.46. The second kappa shape index (κ2) is 8.11. The molecule has 0 aliphatic heterocycles. The summed E-state index contributed by atoms with van der Waals surface area (Å²) in [5, 5.41) is 20.6. The van der Waals surface area contributed by atoms with Crippen LogP contribution in [0.15, 0.2) is 18.2 Å². The van der Waals surface area contributed by atoms with Gasteiger partial charge < -0.3 is 25.2 Å². The number of aliphatic hydroxyl groups is 1. The van der Waals surface area contributed by atoms with E-state index in [-0.39, 0.29) is 30.5 Å². The number of nitrogens with zero attached hydrogens (tertiary/aromatic N) is 1. The van der Waals surface area contributed by atoms with E-state index in [2.05, 4.69) is 5.32 Å². The van der Waals surface area contributed by atoms with Crippen LogP contribution < -0.4 is 10.1 Å². The van der Waals surface area contributed by atoms with E-state index < -0.39 is 5.97 Å². The molecule has 7 nitrogen and oxygen atoms in total. The minimum absolute atomic E-state index is 0.0243. The lowest BCUT2D eigenvalue weighted by Crippen LogP contribution is -2.37. The molecule has 0 spiro atoms. The molecule has 0 unspecified atom stereocenters. The van der Waals surface area contributed by atoms with E-state index in [9.17, 15) is 9.59 Å². The molecule has 0 aromatic heterocycles. The van der Waals surface area contributed by atoms with Gasteiger partial charge in [0.25, 0.3) is 0 Å². The Labute approximate surface area is 123 Å². The molecule has 0 radical (unpaired) electrons. The monoisotopic (exact) mass is 296 g/mol. The summed E-state index contributed by atoms with van der Waals surface area (Å²) in [5.41, 5.74) is 0.456. The number of ether oxygens (including phenoxy) is 1. The molecular formula is C14H20N2O5. The minimum atomic E-state index is -1.10. The highest BCUT2D eigenvalue weighted by atomic mass is 16.5. The Kier molecular flexibility index (Phi) is 6.48. The standard InChI is InChI=1S/C14H20N2O5/c1-3-6-16(7-8-17)14(20)15-10-4-5-11(13(18)19)12(9-10)21-2/h4-5,9,17H,3,6-8H2,1-2H3,(H,15,20)(H,18,19). The van der Waals surface area contributed by atoms with Crippen molar-refractivity contribution >= 4 is 17.7 Å². The fourth-order valence-corrected chi connectivity index (χ4v) is 1.85. The highest BCUT2D eigenvalue weighted by molar-refractivity contribution is 5.94. The van der Waals surface area contributed by atoms with Gasteiger partial charge in [-0.2, -0.15) is 0 Å². The van der Waals surface area contributed by atoms with Crippen molar-refractivity contribution < 1.29 is 24.5 Å². The maximum atomic E-state index is 12.1. The predicted molar refractivity (Wildman–Crippen MR) is 77.9 cm³/mol. The minimum Gasteiger partial charge on any atom is -0.496 e. The number of urea groups is 1. The van der Waals surface area contributed by atoms with E-state index >= 15 is 0 Å². The number of amides is 2. The molecule has 0 aliphatic carbocycles. The number of aliphatic hydroxyl groups excluding tert-OH is 1. The van der Waals surface area contributed by atoms with Gasteiger partial charge >= 0.3 is 12.0 Å². The molecule has 0 saturated heterocycles. The van der Waals surface area contributed by atoms with Crippen molar-refractivity contribution in [2.75, 3.05) is 32.1 Å². The summed E-state index contributed by atoms with van der Waals surface area (Å²) in [6, 6.07) is 3.96. The topological polar surface area (TPSA) is 99.1 Å². The summed E-state index contributed by atoms with van der Waals surface area (Å²) in [5.74, 6) is -0.929. The summed E-state index contributed by atoms with van der Waals surface area (Å²) < 4.78 is 5.00. The van der Waals surface area contributed by atoms with Crippen LogP contribution in [0.5, 0.6) is 5.75 Å². The molecule has 3 N–H and O–H groups in total. The van der Waals surface area contributed by atoms with Crippen molar-refractivity contribution in [2.45, 2.75) is 13.3 Å². The second-order valence-electron chi connectivity index (χ2n) is 4.36. The fraction of sp³-hybridized carbons (Fsp3) is 0.429. The number of carboxylic acids is 1. The first-order chi connectivity index (χ1) is 10.0. The smallest absolute Gasteiger partial charge is 0.339 e. The molecule has 1 aromatic rings. The fourth-order valence-electron chi connectivity index (χ4n) is 1.85. The van der Waals surface area contributed by atoms with Gasteiger partial charge in [-0.25, -0.2) is 9.59 Å². The third-order valence-corrected chi connectivity index (χ3v) is 2.83. The van der Waals surface area contributed by atoms with Crippen molar-refractivity contribution in [3.8, 4) is 5.75 Å². The van der Waals surface area contributed by atoms with Gasteiger partial charge in [0.05, 0.1) is 13.7 Å². The maximum Gasteiger partial charge on any atom is 0.339 e. The van der Waals surface area contributed by atoms with E-state index in [4.69, 9.17) is 14.9 Å². The molecule has 2 amide bonds. The van der Waals surface area contributed by atoms with Crippen molar-refractivity contribution in [1.29, 1.82) is 0 Å². The van der Waals surface area contributed by atoms with Crippen LogP contribution in [-0.2, 0) is 0 Å². The van der Waals surface area contributed by atoms with Crippen LogP contribution in [0.25, 0.3) is 0 Å². The quantitative estimate of drug-likeness (QED) is 0.710. The summed E-state index contributed by atoms with van der Waals surface area (Å²) >= 11 is 0. The average molecular weight is 296 g/mol. The van der Waals surface area contributed by atoms with Crippen LogP contribution in [0.2, 0.25) is 0 Å². The third-order valence-electron chi connectivity index (χ3n) is 2.83. The second-order valence-corrected chi connectivity index (χ2v) is 4.36. The van der Waals surface area contributed by atoms with Gasteiger partial charge in [-0.05, 0) is 18.6 Å². The third kappa shape index (κ3) is 4.64. The molecule has 1 aromatic carbocycles. The van der Waals surface area contributed by atoms with Gasteiger partial charge in [-0.15, -0.1) is 0 Å². The van der Waals surface area contributed by atoms with Crippen LogP contribution in [0.4, 0.5) is 10.5 Å². The zero-order chi connectivity index (χ0) is 15.8. The van der Waals surface area contributed by atoms with Crippen molar-refractivity contribution in [3.63, 3.8) is 0 Å². The van der Waals surface area contributed by atoms with Crippen molar-refractivity contribution in [1.82, 2.24) is 4.90 Å². The van der Waals surface area contributed by atoms with Crippen LogP contribution in [-0.4, -0.2) is 53.9 Å². The molecule has 21 heavy (non-hydrogen) atoms. The highest BCUT2D eigenvalue weighted by Gasteiger charge is 2.15. The van der Waals surface area contributed by atoms with Crippen LogP contribution in [0.3, 0.4) is 0 Å². The molecule has 1 rings (SSSR count). The zero-order valence-electron chi connectivity index (χ0n) is 12.1. The van der Waals surface area contributed by atoms with Crippen LogP contribution in [0.1, 0.15) is 23.7 Å². The first kappa shape index (κ1) is 16.8. The SMILES string of the molecule is CCCN(CCO)C(=O)Nc1ccc(C(=O)O)c(OC)c1. The molecule has 7 heteroatoms. The number of aromatic carboxylic acids is 1. The predicted octanol–water partition coefficient (Wildman–Crippen LogP) is 1.63. The van der Waals surface area contributed by atoms with E-state index in [1.165, 1.54) is 30.2 Å². The molecule has 0 aliphatic rings. The van der Waals surface area contributed by atoms with Crippen molar-refractivity contribution in [3.05, 3.63) is 23.8 Å². The van der Waals surface area contributed by atoms with E-state index in [0.717, 1.165) is 6.42 Å². The first-order valence-corrected chi connectivity index (χ1v) is 6.61. The largest absolute Gasteiger partial charge is 0.496 e. The van der Waals surface area contributed by atoms with Crippen LogP contribution >= 0.6 is 0 Å².